The first-order valence-electron chi connectivity index (χ1n) is 10.7. The van der Waals surface area contributed by atoms with E-state index in [9.17, 15) is 10.1 Å². The second kappa shape index (κ2) is 9.72. The molecule has 0 spiro atoms. The van der Waals surface area contributed by atoms with Crippen LogP contribution in [0, 0.1) is 11.3 Å². The number of nitrogens with one attached hydrogen (secondary N) is 1. The number of carbonyl (C=O) groups is 1. The molecule has 0 atom stereocenters. The quantitative estimate of drug-likeness (QED) is 0.549. The molecule has 32 heavy (non-hydrogen) atoms. The van der Waals surface area contributed by atoms with E-state index in [-0.39, 0.29) is 5.91 Å². The van der Waals surface area contributed by atoms with E-state index < -0.39 is 0 Å². The number of thioether (sulfide) groups is 2. The van der Waals surface area contributed by atoms with E-state index in [2.05, 4.69) is 35.3 Å². The lowest BCUT2D eigenvalue weighted by Crippen LogP contribution is -2.30. The van der Waals surface area contributed by atoms with Crippen molar-refractivity contribution in [2.24, 2.45) is 4.99 Å². The van der Waals surface area contributed by atoms with Gasteiger partial charge in [-0.15, -0.1) is 0 Å². The largest absolute Gasteiger partial charge is 0.384 e. The maximum atomic E-state index is 13.5. The number of unbranched alkanes of at least 4 members (excludes halogenated alkanes) is 1. The minimum absolute atomic E-state index is 0.00852. The van der Waals surface area contributed by atoms with Crippen molar-refractivity contribution in [2.75, 3.05) is 30.4 Å². The third-order valence-electron chi connectivity index (χ3n) is 5.24. The van der Waals surface area contributed by atoms with Crippen molar-refractivity contribution in [3.63, 3.8) is 0 Å². The Balaban J connectivity index is 1.76. The number of fused-ring (bicyclic) bond motifs is 1. The molecule has 1 saturated heterocycles. The zero-order valence-electron chi connectivity index (χ0n) is 18.4. The van der Waals surface area contributed by atoms with E-state index in [4.69, 9.17) is 4.99 Å². The predicted octanol–water partition coefficient (Wildman–Crippen LogP) is 5.76. The number of carbonyl (C=O) groups excluding carboxylic acids is 1. The molecule has 8 heteroatoms. The molecule has 4 rings (SSSR count). The summed E-state index contributed by atoms with van der Waals surface area (Å²) >= 11 is 3.04. The number of benzene rings is 2. The number of hydrogen-bond acceptors (Lipinski definition) is 7. The van der Waals surface area contributed by atoms with Crippen LogP contribution in [0.1, 0.15) is 32.3 Å². The van der Waals surface area contributed by atoms with Crippen LogP contribution in [0.3, 0.4) is 0 Å². The number of amides is 1. The summed E-state index contributed by atoms with van der Waals surface area (Å²) in [5.41, 5.74) is 3.17. The molecule has 1 amide bonds. The fourth-order valence-electron chi connectivity index (χ4n) is 3.57. The molecule has 2 heterocycles. The summed E-state index contributed by atoms with van der Waals surface area (Å²) in [7, 11) is 2.00. The summed E-state index contributed by atoms with van der Waals surface area (Å²) in [6.45, 7) is 5.49. The van der Waals surface area contributed by atoms with Gasteiger partial charge in [-0.2, -0.15) is 5.26 Å². The summed E-state index contributed by atoms with van der Waals surface area (Å²) in [5.74, 6) is -0.00852. The van der Waals surface area contributed by atoms with Crippen LogP contribution in [0.4, 0.5) is 17.1 Å². The van der Waals surface area contributed by atoms with Gasteiger partial charge < -0.3 is 10.2 Å². The topological polar surface area (TPSA) is 71.7 Å². The van der Waals surface area contributed by atoms with E-state index in [1.54, 1.807) is 28.8 Å². The van der Waals surface area contributed by atoms with E-state index in [1.165, 1.54) is 11.8 Å². The summed E-state index contributed by atoms with van der Waals surface area (Å²) in [5, 5.41) is 14.2. The molecule has 0 radical (unpaired) electrons. The molecule has 2 aromatic carbocycles. The minimum atomic E-state index is -0.00852. The molecule has 1 fully saturated rings. The van der Waals surface area contributed by atoms with Crippen LogP contribution in [0.25, 0.3) is 0 Å². The van der Waals surface area contributed by atoms with Crippen LogP contribution in [0.5, 0.6) is 0 Å². The monoisotopic (exact) mass is 463 g/mol. The fourth-order valence-corrected chi connectivity index (χ4v) is 5.93. The minimum Gasteiger partial charge on any atom is -0.384 e. The van der Waals surface area contributed by atoms with Gasteiger partial charge in [-0.3, -0.25) is 9.69 Å². The number of amidine groups is 1. The van der Waals surface area contributed by atoms with E-state index in [0.29, 0.717) is 27.9 Å². The zero-order chi connectivity index (χ0) is 22.7. The number of anilines is 2. The molecule has 0 aromatic heterocycles. The molecule has 0 aliphatic carbocycles. The summed E-state index contributed by atoms with van der Waals surface area (Å²) in [4.78, 5) is 24.1. The zero-order valence-corrected chi connectivity index (χ0v) is 20.0. The standard InChI is InChI=1S/C24H25N5OS2/c1-4-6-13-29-22(30)21(23-28(3)19-9-7-8-10-20(19)31-23)32-24(29)27-18-14-16(15-25)11-12-17(18)26-5-2/h7-12,14,26H,4-6,13H2,1-3H3. The smallest absolute Gasteiger partial charge is 0.269 e. The second-order valence-corrected chi connectivity index (χ2v) is 9.45. The highest BCUT2D eigenvalue weighted by Gasteiger charge is 2.38. The van der Waals surface area contributed by atoms with Gasteiger partial charge in [0.05, 0.1) is 33.7 Å². The second-order valence-electron chi connectivity index (χ2n) is 7.44. The van der Waals surface area contributed by atoms with Crippen molar-refractivity contribution >= 4 is 51.7 Å². The molecule has 2 aliphatic heterocycles. The third kappa shape index (κ3) is 4.23. The average Bonchev–Trinajstić information content (AvgIpc) is 3.30. The Labute approximate surface area is 197 Å². The van der Waals surface area contributed by atoms with Crippen molar-refractivity contribution in [3.8, 4) is 6.07 Å². The summed E-state index contributed by atoms with van der Waals surface area (Å²) in [6, 6.07) is 15.8. The SMILES string of the molecule is CCCCN1C(=O)C(=C2Sc3ccccc3N2C)SC1=Nc1cc(C#N)ccc1NCC. The highest BCUT2D eigenvalue weighted by atomic mass is 32.2. The Morgan fingerprint density at radius 1 is 1.16 bits per heavy atom. The van der Waals surface area contributed by atoms with Crippen molar-refractivity contribution in [2.45, 2.75) is 31.6 Å². The molecular weight excluding hydrogens is 438 g/mol. The van der Waals surface area contributed by atoms with Crippen LogP contribution in [-0.2, 0) is 4.79 Å². The molecule has 2 aromatic rings. The van der Waals surface area contributed by atoms with Crippen LogP contribution < -0.4 is 10.2 Å². The lowest BCUT2D eigenvalue weighted by molar-refractivity contribution is -0.122. The Bertz CT molecular complexity index is 1150. The van der Waals surface area contributed by atoms with Crippen LogP contribution >= 0.6 is 23.5 Å². The van der Waals surface area contributed by atoms with Gasteiger partial charge in [-0.05, 0) is 55.4 Å². The number of hydrogen-bond donors (Lipinski definition) is 1. The van der Waals surface area contributed by atoms with Gasteiger partial charge in [-0.25, -0.2) is 4.99 Å². The number of para-hydroxylation sites is 1. The molecular formula is C24H25N5OS2. The van der Waals surface area contributed by atoms with Crippen molar-refractivity contribution in [1.82, 2.24) is 4.90 Å². The first-order chi connectivity index (χ1) is 15.6. The van der Waals surface area contributed by atoms with Crippen LogP contribution in [-0.4, -0.2) is 36.1 Å². The van der Waals surface area contributed by atoms with Gasteiger partial charge in [0.15, 0.2) is 5.17 Å². The number of nitriles is 1. The van der Waals surface area contributed by atoms with Gasteiger partial charge in [0.2, 0.25) is 0 Å². The number of aliphatic imine (C=N–C) groups is 1. The van der Waals surface area contributed by atoms with Crippen LogP contribution in [0.2, 0.25) is 0 Å². The Hall–Kier alpha value is -2.89. The third-order valence-corrected chi connectivity index (χ3v) is 7.67. The molecule has 2 aliphatic rings. The molecule has 1 N–H and O–H groups in total. The van der Waals surface area contributed by atoms with Gasteiger partial charge in [0.25, 0.3) is 5.91 Å². The van der Waals surface area contributed by atoms with E-state index >= 15 is 0 Å². The van der Waals surface area contributed by atoms with E-state index in [1.807, 2.05) is 32.2 Å². The summed E-state index contributed by atoms with van der Waals surface area (Å²) in [6.07, 6.45) is 1.88. The Morgan fingerprint density at radius 2 is 1.97 bits per heavy atom. The number of nitrogens with zero attached hydrogens (tertiary/aromatic N) is 4. The van der Waals surface area contributed by atoms with Gasteiger partial charge in [0.1, 0.15) is 4.91 Å². The highest BCUT2D eigenvalue weighted by Crippen LogP contribution is 2.50. The first kappa shape index (κ1) is 22.3. The summed E-state index contributed by atoms with van der Waals surface area (Å²) < 4.78 is 0. The molecule has 164 valence electrons. The van der Waals surface area contributed by atoms with Crippen molar-refractivity contribution in [3.05, 3.63) is 58.0 Å². The van der Waals surface area contributed by atoms with E-state index in [0.717, 1.165) is 40.7 Å². The highest BCUT2D eigenvalue weighted by molar-refractivity contribution is 8.19. The normalized spacial score (nSPS) is 18.9. The maximum Gasteiger partial charge on any atom is 0.269 e. The maximum absolute atomic E-state index is 13.5. The lowest BCUT2D eigenvalue weighted by Gasteiger charge is -2.16. The first-order valence-corrected chi connectivity index (χ1v) is 12.3. The van der Waals surface area contributed by atoms with Crippen molar-refractivity contribution in [1.29, 1.82) is 5.26 Å². The van der Waals surface area contributed by atoms with Crippen LogP contribution in [0.15, 0.2) is 62.3 Å². The fraction of sp³-hybridized carbons (Fsp3) is 0.292. The Morgan fingerprint density at radius 3 is 2.69 bits per heavy atom. The molecule has 0 saturated carbocycles. The van der Waals surface area contributed by atoms with Crippen molar-refractivity contribution < 1.29 is 4.79 Å². The van der Waals surface area contributed by atoms with Gasteiger partial charge in [-0.1, -0.05) is 37.2 Å². The molecule has 6 nitrogen and oxygen atoms in total. The van der Waals surface area contributed by atoms with Gasteiger partial charge in [0, 0.05) is 25.0 Å². The van der Waals surface area contributed by atoms with Gasteiger partial charge >= 0.3 is 0 Å². The lowest BCUT2D eigenvalue weighted by atomic mass is 10.2. The predicted molar refractivity (Wildman–Crippen MR) is 134 cm³/mol. The molecule has 0 bridgehead atoms. The average molecular weight is 464 g/mol. The molecule has 0 unspecified atom stereocenters. The number of rotatable bonds is 6. The Kier molecular flexibility index (Phi) is 6.77.